The third kappa shape index (κ3) is 3.42. The molecule has 0 aromatic carbocycles. The van der Waals surface area contributed by atoms with Crippen LogP contribution in [0.3, 0.4) is 0 Å². The summed E-state index contributed by atoms with van der Waals surface area (Å²) in [6, 6.07) is 1.07. The first-order chi connectivity index (χ1) is 8.61. The number of nitrogens with two attached hydrogens (primary N) is 1. The van der Waals surface area contributed by atoms with Crippen LogP contribution in [-0.2, 0) is 4.79 Å². The third-order valence-corrected chi connectivity index (χ3v) is 4.15. The Balaban J connectivity index is 1.80. The van der Waals surface area contributed by atoms with E-state index in [9.17, 15) is 4.79 Å². The Morgan fingerprint density at radius 3 is 2.78 bits per heavy atom. The molecule has 1 saturated carbocycles. The predicted octanol–water partition coefficient (Wildman–Crippen LogP) is 1.04. The van der Waals surface area contributed by atoms with Crippen LogP contribution in [0.15, 0.2) is 0 Å². The molecule has 3 N–H and O–H groups in total. The zero-order valence-electron chi connectivity index (χ0n) is 11.0. The van der Waals surface area contributed by atoms with Crippen LogP contribution in [-0.4, -0.2) is 41.0 Å². The number of rotatable bonds is 6. The molecule has 1 amide bonds. The lowest BCUT2D eigenvalue weighted by Gasteiger charge is -2.19. The molecule has 2 aliphatic rings. The number of carbonyl (C=O) groups excluding carboxylic acids is 1. The highest BCUT2D eigenvalue weighted by atomic mass is 32.1. The largest absolute Gasteiger partial charge is 0.393 e. The highest BCUT2D eigenvalue weighted by Crippen LogP contribution is 2.29. The first-order valence-corrected chi connectivity index (χ1v) is 7.36. The summed E-state index contributed by atoms with van der Waals surface area (Å²) in [7, 11) is 0. The average Bonchev–Trinajstić information content (AvgIpc) is 3.07. The number of thiocarbonyl (C=S) groups is 1. The van der Waals surface area contributed by atoms with E-state index < -0.39 is 0 Å². The van der Waals surface area contributed by atoms with Crippen molar-refractivity contribution in [3.63, 3.8) is 0 Å². The van der Waals surface area contributed by atoms with E-state index in [1.165, 1.54) is 12.8 Å². The van der Waals surface area contributed by atoms with Crippen molar-refractivity contribution in [2.75, 3.05) is 13.1 Å². The number of nitrogens with zero attached hydrogens (tertiary/aromatic N) is 1. The van der Waals surface area contributed by atoms with E-state index >= 15 is 0 Å². The smallest absolute Gasteiger partial charge is 0.230 e. The first kappa shape index (κ1) is 13.7. The molecule has 0 bridgehead atoms. The van der Waals surface area contributed by atoms with Gasteiger partial charge in [-0.15, -0.1) is 0 Å². The van der Waals surface area contributed by atoms with Crippen molar-refractivity contribution in [2.45, 2.75) is 51.1 Å². The van der Waals surface area contributed by atoms with Gasteiger partial charge in [-0.1, -0.05) is 25.6 Å². The molecule has 0 radical (unpaired) electrons. The van der Waals surface area contributed by atoms with Crippen molar-refractivity contribution in [3.8, 4) is 0 Å². The summed E-state index contributed by atoms with van der Waals surface area (Å²) in [6.45, 7) is 4.15. The van der Waals surface area contributed by atoms with Crippen molar-refractivity contribution in [3.05, 3.63) is 0 Å². The van der Waals surface area contributed by atoms with E-state index in [1.807, 2.05) is 6.92 Å². The van der Waals surface area contributed by atoms with E-state index in [1.54, 1.807) is 0 Å². The fourth-order valence-electron chi connectivity index (χ4n) is 2.67. The van der Waals surface area contributed by atoms with Gasteiger partial charge in [0.05, 0.1) is 10.9 Å². The summed E-state index contributed by atoms with van der Waals surface area (Å²) in [6.07, 6.45) is 5.38. The van der Waals surface area contributed by atoms with Crippen molar-refractivity contribution in [2.24, 2.45) is 11.7 Å². The van der Waals surface area contributed by atoms with E-state index in [4.69, 9.17) is 18.0 Å². The van der Waals surface area contributed by atoms with Crippen LogP contribution in [0, 0.1) is 5.92 Å². The number of amides is 1. The van der Waals surface area contributed by atoms with Crippen LogP contribution < -0.4 is 11.1 Å². The maximum atomic E-state index is 12.1. The Morgan fingerprint density at radius 2 is 2.22 bits per heavy atom. The minimum atomic E-state index is -0.292. The summed E-state index contributed by atoms with van der Waals surface area (Å²) < 4.78 is 0. The molecule has 2 fully saturated rings. The quantitative estimate of drug-likeness (QED) is 0.708. The minimum absolute atomic E-state index is 0.0204. The topological polar surface area (TPSA) is 58.4 Å². The molecule has 102 valence electrons. The highest BCUT2D eigenvalue weighted by molar-refractivity contribution is 7.80. The molecule has 5 heteroatoms. The molecule has 0 aromatic rings. The molecule has 1 aliphatic heterocycles. The van der Waals surface area contributed by atoms with Crippen LogP contribution in [0.5, 0.6) is 0 Å². The maximum absolute atomic E-state index is 12.1. The van der Waals surface area contributed by atoms with Crippen LogP contribution >= 0.6 is 12.2 Å². The monoisotopic (exact) mass is 269 g/mol. The Morgan fingerprint density at radius 1 is 1.50 bits per heavy atom. The van der Waals surface area contributed by atoms with Gasteiger partial charge < -0.3 is 11.1 Å². The number of carbonyl (C=O) groups is 1. The Hall–Kier alpha value is -0.680. The number of likely N-dealkylation sites (tertiary alicyclic amines) is 1. The lowest BCUT2D eigenvalue weighted by atomic mass is 10.0. The molecule has 1 saturated heterocycles. The summed E-state index contributed by atoms with van der Waals surface area (Å²) in [5.41, 5.74) is 5.64. The van der Waals surface area contributed by atoms with Crippen molar-refractivity contribution < 1.29 is 4.79 Å². The zero-order valence-corrected chi connectivity index (χ0v) is 11.8. The van der Waals surface area contributed by atoms with Gasteiger partial charge in [0, 0.05) is 25.2 Å². The molecule has 2 rings (SSSR count). The van der Waals surface area contributed by atoms with E-state index in [2.05, 4.69) is 10.2 Å². The number of nitrogens with one attached hydrogen (secondary N) is 1. The van der Waals surface area contributed by atoms with Crippen LogP contribution in [0.4, 0.5) is 0 Å². The van der Waals surface area contributed by atoms with Gasteiger partial charge >= 0.3 is 0 Å². The molecule has 0 spiro atoms. The van der Waals surface area contributed by atoms with Gasteiger partial charge in [0.25, 0.3) is 0 Å². The molecular formula is C13H23N3OS. The Labute approximate surface area is 114 Å². The number of hydrogen-bond donors (Lipinski definition) is 2. The summed E-state index contributed by atoms with van der Waals surface area (Å²) >= 11 is 4.98. The lowest BCUT2D eigenvalue weighted by molar-refractivity contribution is -0.123. The van der Waals surface area contributed by atoms with Gasteiger partial charge in [-0.2, -0.15) is 0 Å². The van der Waals surface area contributed by atoms with Gasteiger partial charge in [-0.05, 0) is 25.7 Å². The fourth-order valence-corrected chi connectivity index (χ4v) is 2.89. The van der Waals surface area contributed by atoms with E-state index in [0.717, 1.165) is 38.4 Å². The second-order valence-electron chi connectivity index (χ2n) is 5.46. The SMILES string of the molecule is CCCC(C(=O)NC1CCN(C2CC2)C1)C(N)=S. The third-order valence-electron chi connectivity index (χ3n) is 3.87. The number of hydrogen-bond acceptors (Lipinski definition) is 3. The molecule has 1 aliphatic carbocycles. The molecule has 2 unspecified atom stereocenters. The first-order valence-electron chi connectivity index (χ1n) is 6.95. The lowest BCUT2D eigenvalue weighted by Crippen LogP contribution is -2.44. The fraction of sp³-hybridized carbons (Fsp3) is 0.846. The molecule has 4 nitrogen and oxygen atoms in total. The molecule has 2 atom stereocenters. The van der Waals surface area contributed by atoms with Gasteiger partial charge in [-0.25, -0.2) is 0 Å². The van der Waals surface area contributed by atoms with Gasteiger partial charge in [0.15, 0.2) is 0 Å². The second kappa shape index (κ2) is 5.97. The molecule has 1 heterocycles. The highest BCUT2D eigenvalue weighted by Gasteiger charge is 2.35. The zero-order chi connectivity index (χ0) is 13.1. The summed E-state index contributed by atoms with van der Waals surface area (Å²) in [5, 5.41) is 3.11. The maximum Gasteiger partial charge on any atom is 0.230 e. The molecule has 18 heavy (non-hydrogen) atoms. The summed E-state index contributed by atoms with van der Waals surface area (Å²) in [5.74, 6) is -0.271. The second-order valence-corrected chi connectivity index (χ2v) is 5.94. The molecule has 0 aromatic heterocycles. The van der Waals surface area contributed by atoms with Gasteiger partial charge in [0.2, 0.25) is 5.91 Å². The van der Waals surface area contributed by atoms with Crippen LogP contribution in [0.25, 0.3) is 0 Å². The predicted molar refractivity (Wildman–Crippen MR) is 76.3 cm³/mol. The van der Waals surface area contributed by atoms with Crippen molar-refractivity contribution in [1.82, 2.24) is 10.2 Å². The van der Waals surface area contributed by atoms with E-state index in [-0.39, 0.29) is 17.9 Å². The van der Waals surface area contributed by atoms with Crippen LogP contribution in [0.1, 0.15) is 39.0 Å². The molecular weight excluding hydrogens is 246 g/mol. The van der Waals surface area contributed by atoms with Gasteiger partial charge in [-0.3, -0.25) is 9.69 Å². The minimum Gasteiger partial charge on any atom is -0.393 e. The standard InChI is InChI=1S/C13H23N3OS/c1-2-3-11(12(14)18)13(17)15-9-6-7-16(8-9)10-4-5-10/h9-11H,2-8H2,1H3,(H2,14,18)(H,15,17). The Bertz CT molecular complexity index is 330. The van der Waals surface area contributed by atoms with E-state index in [0.29, 0.717) is 4.99 Å². The van der Waals surface area contributed by atoms with Crippen LogP contribution in [0.2, 0.25) is 0 Å². The van der Waals surface area contributed by atoms with Gasteiger partial charge in [0.1, 0.15) is 0 Å². The van der Waals surface area contributed by atoms with Crippen molar-refractivity contribution in [1.29, 1.82) is 0 Å². The average molecular weight is 269 g/mol. The normalized spacial score (nSPS) is 25.9. The van der Waals surface area contributed by atoms with Crippen molar-refractivity contribution >= 4 is 23.1 Å². The summed E-state index contributed by atoms with van der Waals surface area (Å²) in [4.78, 5) is 14.9. The Kier molecular flexibility index (Phi) is 4.56.